The molecule has 1 aromatic rings. The fourth-order valence-corrected chi connectivity index (χ4v) is 5.91. The standard InChI is InChI=1S/C26H30FN3O8/c1-4-5-6-15(31)29-14-9-13(27)11-7-10-8-12-19(30(2)3)22(34)18(25(28)37)24(36)26(12,38)23(35)16(10)21(33)17(11)20(14)32/h9-10,12,19,32-33,36,38H,4-8H2,1-3H3,(H2,28,37)(H,29,31)/t10-,12-,19-,26-/m0/s1. The fourth-order valence-electron chi connectivity index (χ4n) is 5.91. The van der Waals surface area contributed by atoms with Gasteiger partial charge in [-0.25, -0.2) is 4.39 Å². The molecule has 1 fully saturated rings. The molecule has 7 N–H and O–H groups in total. The second-order valence-corrected chi connectivity index (χ2v) is 10.2. The highest BCUT2D eigenvalue weighted by molar-refractivity contribution is 6.24. The SMILES string of the molecule is CCCCC(=O)Nc1cc(F)c2c(c1O)C(O)=C1C(=O)[C@]3(O)C(O)=C(C(N)=O)C(=O)[C@@H](N(C)C)[C@@H]3C[C@@H]1C2. The molecule has 0 heterocycles. The van der Waals surface area contributed by atoms with Gasteiger partial charge in [0.2, 0.25) is 11.7 Å². The summed E-state index contributed by atoms with van der Waals surface area (Å²) in [6.07, 6.45) is 1.08. The van der Waals surface area contributed by atoms with Crippen LogP contribution in [0.4, 0.5) is 10.1 Å². The molecule has 2 amide bonds. The molecule has 0 bridgehead atoms. The Bertz CT molecular complexity index is 1330. The highest BCUT2D eigenvalue weighted by Crippen LogP contribution is 2.53. The van der Waals surface area contributed by atoms with Crippen molar-refractivity contribution in [3.05, 3.63) is 39.9 Å². The summed E-state index contributed by atoms with van der Waals surface area (Å²) < 4.78 is 15.2. The van der Waals surface area contributed by atoms with Crippen LogP contribution in [0.5, 0.6) is 5.75 Å². The highest BCUT2D eigenvalue weighted by atomic mass is 19.1. The summed E-state index contributed by atoms with van der Waals surface area (Å²) in [6, 6.07) is -0.302. The topological polar surface area (TPSA) is 190 Å². The van der Waals surface area contributed by atoms with Crippen molar-refractivity contribution < 1.29 is 44.0 Å². The largest absolute Gasteiger partial charge is 0.508 e. The van der Waals surface area contributed by atoms with Gasteiger partial charge in [-0.15, -0.1) is 0 Å². The van der Waals surface area contributed by atoms with E-state index in [0.717, 1.165) is 12.5 Å². The number of halogens is 1. The van der Waals surface area contributed by atoms with E-state index in [2.05, 4.69) is 5.32 Å². The van der Waals surface area contributed by atoms with E-state index in [1.807, 2.05) is 6.92 Å². The minimum Gasteiger partial charge on any atom is -0.508 e. The monoisotopic (exact) mass is 531 g/mol. The second-order valence-electron chi connectivity index (χ2n) is 10.2. The molecule has 0 aromatic heterocycles. The first-order valence-corrected chi connectivity index (χ1v) is 12.3. The quantitative estimate of drug-likeness (QED) is 0.231. The van der Waals surface area contributed by atoms with E-state index in [1.54, 1.807) is 0 Å². The minimum atomic E-state index is -2.79. The van der Waals surface area contributed by atoms with E-state index in [0.29, 0.717) is 6.42 Å². The molecule has 11 nitrogen and oxygen atoms in total. The molecule has 4 atom stereocenters. The van der Waals surface area contributed by atoms with Crippen molar-refractivity contribution in [1.29, 1.82) is 0 Å². The van der Waals surface area contributed by atoms with Crippen molar-refractivity contribution in [1.82, 2.24) is 4.90 Å². The predicted octanol–water partition coefficient (Wildman–Crippen LogP) is 1.23. The zero-order valence-corrected chi connectivity index (χ0v) is 21.2. The fraction of sp³-hybridized carbons (Fsp3) is 0.462. The molecule has 3 aliphatic carbocycles. The number of phenols is 1. The molecule has 0 radical (unpaired) electrons. The first-order valence-electron chi connectivity index (χ1n) is 12.3. The van der Waals surface area contributed by atoms with E-state index in [4.69, 9.17) is 5.73 Å². The number of benzene rings is 1. The summed E-state index contributed by atoms with van der Waals surface area (Å²) >= 11 is 0. The number of nitrogens with two attached hydrogens (primary N) is 1. The Hall–Kier alpha value is -3.77. The number of hydrogen-bond donors (Lipinski definition) is 6. The molecule has 3 aliphatic rings. The normalized spacial score (nSPS) is 26.7. The third-order valence-electron chi connectivity index (χ3n) is 7.70. The molecule has 1 aromatic carbocycles. The first kappa shape index (κ1) is 27.3. The lowest BCUT2D eigenvalue weighted by molar-refractivity contribution is -0.153. The van der Waals surface area contributed by atoms with Gasteiger partial charge in [0, 0.05) is 29.5 Å². The van der Waals surface area contributed by atoms with Crippen molar-refractivity contribution >= 4 is 34.8 Å². The van der Waals surface area contributed by atoms with Gasteiger partial charge in [-0.05, 0) is 39.3 Å². The van der Waals surface area contributed by atoms with E-state index in [1.165, 1.54) is 19.0 Å². The highest BCUT2D eigenvalue weighted by Gasteiger charge is 2.64. The Morgan fingerprint density at radius 3 is 2.47 bits per heavy atom. The number of nitrogens with zero attached hydrogens (tertiary/aromatic N) is 1. The molecule has 1 saturated carbocycles. The van der Waals surface area contributed by atoms with Crippen molar-refractivity contribution in [3.8, 4) is 5.75 Å². The maximum absolute atomic E-state index is 15.2. The molecule has 0 spiro atoms. The smallest absolute Gasteiger partial charge is 0.255 e. The van der Waals surface area contributed by atoms with Gasteiger partial charge >= 0.3 is 0 Å². The number of primary amides is 1. The van der Waals surface area contributed by atoms with Crippen LogP contribution in [0.2, 0.25) is 0 Å². The molecule has 12 heteroatoms. The van der Waals surface area contributed by atoms with E-state index >= 15 is 4.39 Å². The number of nitrogens with one attached hydrogen (secondary N) is 1. The van der Waals surface area contributed by atoms with Crippen molar-refractivity contribution in [2.75, 3.05) is 19.4 Å². The van der Waals surface area contributed by atoms with E-state index in [-0.39, 0.29) is 30.5 Å². The van der Waals surface area contributed by atoms with Crippen LogP contribution >= 0.6 is 0 Å². The van der Waals surface area contributed by atoms with Crippen LogP contribution in [0.1, 0.15) is 43.7 Å². The van der Waals surface area contributed by atoms with Gasteiger partial charge in [0.15, 0.2) is 17.1 Å². The number of aromatic hydroxyl groups is 1. The number of fused-ring (bicyclic) bond motifs is 3. The average Bonchev–Trinajstić information content (AvgIpc) is 2.82. The number of hydrogen-bond acceptors (Lipinski definition) is 9. The molecule has 0 unspecified atom stereocenters. The van der Waals surface area contributed by atoms with Crippen LogP contribution in [-0.2, 0) is 25.6 Å². The maximum Gasteiger partial charge on any atom is 0.255 e. The molecular formula is C26H30FN3O8. The number of carbonyl (C=O) groups is 4. The minimum absolute atomic E-state index is 0.111. The van der Waals surface area contributed by atoms with Gasteiger partial charge in [0.05, 0.1) is 17.3 Å². The number of rotatable bonds is 6. The lowest BCUT2D eigenvalue weighted by Crippen LogP contribution is -2.65. The van der Waals surface area contributed by atoms with Gasteiger partial charge in [-0.2, -0.15) is 0 Å². The number of unbranched alkanes of at least 4 members (excludes halogenated alkanes) is 1. The van der Waals surface area contributed by atoms with Crippen LogP contribution in [0.3, 0.4) is 0 Å². The number of likely N-dealkylation sites (N-methyl/N-ethyl adjacent to an activating group) is 1. The van der Waals surface area contributed by atoms with Crippen LogP contribution < -0.4 is 11.1 Å². The first-order chi connectivity index (χ1) is 17.8. The lowest BCUT2D eigenvalue weighted by Gasteiger charge is -2.50. The summed E-state index contributed by atoms with van der Waals surface area (Å²) in [5.74, 6) is -9.59. The Morgan fingerprint density at radius 2 is 1.89 bits per heavy atom. The van der Waals surface area contributed by atoms with Gasteiger partial charge in [0.25, 0.3) is 5.91 Å². The molecular weight excluding hydrogens is 501 g/mol. The summed E-state index contributed by atoms with van der Waals surface area (Å²) in [5, 5.41) is 46.9. The Kier molecular flexibility index (Phi) is 6.83. The summed E-state index contributed by atoms with van der Waals surface area (Å²) in [5.41, 5.74) is 0.347. The molecule has 38 heavy (non-hydrogen) atoms. The zero-order valence-electron chi connectivity index (χ0n) is 21.2. The molecule has 4 rings (SSSR count). The molecule has 204 valence electrons. The van der Waals surface area contributed by atoms with Gasteiger partial charge in [-0.3, -0.25) is 24.1 Å². The number of aliphatic hydroxyl groups is 3. The van der Waals surface area contributed by atoms with Crippen molar-refractivity contribution in [2.45, 2.75) is 50.7 Å². The third kappa shape index (κ3) is 3.86. The summed E-state index contributed by atoms with van der Waals surface area (Å²) in [4.78, 5) is 52.4. The van der Waals surface area contributed by atoms with Gasteiger partial charge < -0.3 is 31.5 Å². The zero-order chi connectivity index (χ0) is 28.3. The van der Waals surface area contributed by atoms with Crippen LogP contribution in [0, 0.1) is 17.7 Å². The number of phenolic OH excluding ortho intramolecular Hbond substituents is 1. The van der Waals surface area contributed by atoms with Crippen LogP contribution in [-0.4, -0.2) is 74.4 Å². The Morgan fingerprint density at radius 1 is 1.24 bits per heavy atom. The van der Waals surface area contributed by atoms with Crippen molar-refractivity contribution in [2.24, 2.45) is 17.6 Å². The predicted molar refractivity (Wildman–Crippen MR) is 132 cm³/mol. The van der Waals surface area contributed by atoms with Crippen molar-refractivity contribution in [3.63, 3.8) is 0 Å². The van der Waals surface area contributed by atoms with E-state index < -0.39 is 86.7 Å². The number of aliphatic hydroxyl groups excluding tert-OH is 2. The number of ketones is 2. The average molecular weight is 532 g/mol. The molecule has 0 aliphatic heterocycles. The number of anilines is 1. The summed E-state index contributed by atoms with van der Waals surface area (Å²) in [7, 11) is 2.98. The maximum atomic E-state index is 15.2. The third-order valence-corrected chi connectivity index (χ3v) is 7.70. The molecule has 0 saturated heterocycles. The van der Waals surface area contributed by atoms with Gasteiger partial charge in [-0.1, -0.05) is 13.3 Å². The van der Waals surface area contributed by atoms with Crippen LogP contribution in [0.25, 0.3) is 5.76 Å². The Balaban J connectivity index is 1.88. The number of Topliss-reactive ketones (excluding diaryl/α,β-unsaturated/α-hetero) is 2. The second kappa shape index (κ2) is 9.52. The summed E-state index contributed by atoms with van der Waals surface area (Å²) in [6.45, 7) is 1.88. The lowest BCUT2D eigenvalue weighted by atomic mass is 9.57. The van der Waals surface area contributed by atoms with Gasteiger partial charge in [0.1, 0.15) is 22.9 Å². The number of carbonyl (C=O) groups excluding carboxylic acids is 4. The van der Waals surface area contributed by atoms with Crippen LogP contribution in [0.15, 0.2) is 23.0 Å². The number of amides is 2. The van der Waals surface area contributed by atoms with E-state index in [9.17, 15) is 39.6 Å². The Labute approximate surface area is 217 Å².